The highest BCUT2D eigenvalue weighted by molar-refractivity contribution is 7.99. The molecule has 0 saturated heterocycles. The molecule has 1 aromatic heterocycles. The molecule has 0 spiro atoms. The lowest BCUT2D eigenvalue weighted by Gasteiger charge is -2.13. The molecule has 0 radical (unpaired) electrons. The fourth-order valence-electron chi connectivity index (χ4n) is 3.68. The normalized spacial score (nSPS) is 14.0. The average Bonchev–Trinajstić information content (AvgIpc) is 3.45. The van der Waals surface area contributed by atoms with Crippen LogP contribution in [0, 0.1) is 0 Å². The Labute approximate surface area is 201 Å². The van der Waals surface area contributed by atoms with Crippen LogP contribution in [0.15, 0.2) is 47.6 Å². The molecule has 1 saturated carbocycles. The molecule has 168 valence electrons. The van der Waals surface area contributed by atoms with Gasteiger partial charge in [0.15, 0.2) is 11.0 Å². The van der Waals surface area contributed by atoms with Gasteiger partial charge in [-0.2, -0.15) is 0 Å². The largest absolute Gasteiger partial charge is 0.490 e. The van der Waals surface area contributed by atoms with Crippen LogP contribution in [-0.2, 0) is 11.3 Å². The van der Waals surface area contributed by atoms with Crippen LogP contribution in [-0.4, -0.2) is 32.5 Å². The number of hydrogen-bond donors (Lipinski definition) is 1. The summed E-state index contributed by atoms with van der Waals surface area (Å²) in [6.45, 7) is 2.72. The average molecular weight is 491 g/mol. The molecule has 0 aliphatic heterocycles. The monoisotopic (exact) mass is 490 g/mol. The molecule has 1 aliphatic rings. The van der Waals surface area contributed by atoms with Crippen LogP contribution in [0.1, 0.15) is 32.6 Å². The summed E-state index contributed by atoms with van der Waals surface area (Å²) in [6.07, 6.45) is 5.07. The van der Waals surface area contributed by atoms with Gasteiger partial charge in [0.1, 0.15) is 5.75 Å². The Morgan fingerprint density at radius 1 is 1.16 bits per heavy atom. The number of amides is 1. The van der Waals surface area contributed by atoms with E-state index in [9.17, 15) is 4.79 Å². The maximum Gasteiger partial charge on any atom is 0.234 e. The van der Waals surface area contributed by atoms with Crippen molar-refractivity contribution in [3.8, 4) is 17.1 Å². The fraction of sp³-hybridized carbons (Fsp3) is 0.348. The molecule has 2 aromatic carbocycles. The van der Waals surface area contributed by atoms with E-state index >= 15 is 0 Å². The van der Waals surface area contributed by atoms with Gasteiger partial charge in [0, 0.05) is 17.1 Å². The van der Waals surface area contributed by atoms with Gasteiger partial charge in [0.05, 0.1) is 22.6 Å². The van der Waals surface area contributed by atoms with Crippen LogP contribution in [0.2, 0.25) is 10.0 Å². The lowest BCUT2D eigenvalue weighted by molar-refractivity contribution is -0.113. The van der Waals surface area contributed by atoms with Gasteiger partial charge in [0.2, 0.25) is 5.91 Å². The zero-order valence-electron chi connectivity index (χ0n) is 17.7. The number of nitrogens with one attached hydrogen (secondary N) is 1. The van der Waals surface area contributed by atoms with Gasteiger partial charge < -0.3 is 14.6 Å². The van der Waals surface area contributed by atoms with E-state index in [4.69, 9.17) is 27.9 Å². The second kappa shape index (κ2) is 10.6. The molecule has 4 rings (SSSR count). The highest BCUT2D eigenvalue weighted by Gasteiger charge is 2.18. The second-order valence-corrected chi connectivity index (χ2v) is 9.35. The van der Waals surface area contributed by atoms with E-state index < -0.39 is 0 Å². The van der Waals surface area contributed by atoms with Crippen molar-refractivity contribution in [2.75, 3.05) is 11.1 Å². The van der Waals surface area contributed by atoms with E-state index in [0.29, 0.717) is 33.5 Å². The minimum absolute atomic E-state index is 0.176. The second-order valence-electron chi connectivity index (χ2n) is 7.56. The summed E-state index contributed by atoms with van der Waals surface area (Å²) >= 11 is 13.4. The molecule has 1 amide bonds. The van der Waals surface area contributed by atoms with Crippen molar-refractivity contribution >= 4 is 46.6 Å². The smallest absolute Gasteiger partial charge is 0.234 e. The molecule has 0 atom stereocenters. The quantitative estimate of drug-likeness (QED) is 0.373. The summed E-state index contributed by atoms with van der Waals surface area (Å²) in [6, 6.07) is 12.9. The van der Waals surface area contributed by atoms with E-state index in [1.54, 1.807) is 18.2 Å². The van der Waals surface area contributed by atoms with Crippen LogP contribution in [0.4, 0.5) is 5.69 Å². The molecule has 1 fully saturated rings. The number of carbonyl (C=O) groups is 1. The number of thioether (sulfide) groups is 1. The number of anilines is 1. The van der Waals surface area contributed by atoms with Crippen LogP contribution in [0.25, 0.3) is 11.4 Å². The van der Waals surface area contributed by atoms with E-state index in [2.05, 4.69) is 15.5 Å². The van der Waals surface area contributed by atoms with Crippen LogP contribution < -0.4 is 10.1 Å². The number of benzene rings is 2. The van der Waals surface area contributed by atoms with Crippen LogP contribution in [0.5, 0.6) is 5.75 Å². The van der Waals surface area contributed by atoms with Crippen molar-refractivity contribution < 1.29 is 9.53 Å². The predicted molar refractivity (Wildman–Crippen MR) is 130 cm³/mol. The molecular weight excluding hydrogens is 467 g/mol. The number of nitrogens with zero attached hydrogens (tertiary/aromatic N) is 3. The highest BCUT2D eigenvalue weighted by atomic mass is 35.5. The SMILES string of the molecule is CCn1c(SCC(=O)Nc2cc(Cl)ccc2Cl)nnc1-c1ccc(OC2CCCC2)cc1. The number of halogens is 2. The van der Waals surface area contributed by atoms with Crippen LogP contribution in [0.3, 0.4) is 0 Å². The fourth-order valence-corrected chi connectivity index (χ4v) is 4.82. The Balaban J connectivity index is 1.40. The molecule has 1 heterocycles. The topological polar surface area (TPSA) is 69.0 Å². The Morgan fingerprint density at radius 3 is 2.62 bits per heavy atom. The van der Waals surface area contributed by atoms with Gasteiger partial charge in [-0.25, -0.2) is 0 Å². The third kappa shape index (κ3) is 5.57. The number of carbonyl (C=O) groups excluding carboxylic acids is 1. The first-order chi connectivity index (χ1) is 15.5. The predicted octanol–water partition coefficient (Wildman–Crippen LogP) is 6.32. The van der Waals surface area contributed by atoms with E-state index in [0.717, 1.165) is 30.0 Å². The lowest BCUT2D eigenvalue weighted by atomic mass is 10.2. The molecule has 0 bridgehead atoms. The van der Waals surface area contributed by atoms with Crippen molar-refractivity contribution in [1.29, 1.82) is 0 Å². The van der Waals surface area contributed by atoms with E-state index in [1.165, 1.54) is 24.6 Å². The first kappa shape index (κ1) is 23.0. The van der Waals surface area contributed by atoms with Gasteiger partial charge in [-0.15, -0.1) is 10.2 Å². The maximum absolute atomic E-state index is 12.4. The van der Waals surface area contributed by atoms with Gasteiger partial charge in [0.25, 0.3) is 0 Å². The molecule has 1 N–H and O–H groups in total. The van der Waals surface area contributed by atoms with Gasteiger partial charge in [-0.05, 0) is 75.1 Å². The molecule has 1 aliphatic carbocycles. The summed E-state index contributed by atoms with van der Waals surface area (Å²) in [5.41, 5.74) is 1.45. The minimum atomic E-state index is -0.195. The summed E-state index contributed by atoms with van der Waals surface area (Å²) in [7, 11) is 0. The van der Waals surface area contributed by atoms with Crippen molar-refractivity contribution in [3.05, 3.63) is 52.5 Å². The van der Waals surface area contributed by atoms with Gasteiger partial charge in [-0.3, -0.25) is 4.79 Å². The molecule has 6 nitrogen and oxygen atoms in total. The molecule has 3 aromatic rings. The standard InChI is InChI=1S/C23H24Cl2N4O2S/c1-2-29-22(15-7-10-18(11-8-15)31-17-5-3-4-6-17)27-28-23(29)32-14-21(30)26-20-13-16(24)9-12-19(20)25/h7-13,17H,2-6,14H2,1H3,(H,26,30). The minimum Gasteiger partial charge on any atom is -0.490 e. The summed E-state index contributed by atoms with van der Waals surface area (Å²) in [4.78, 5) is 12.4. The molecular formula is C23H24Cl2N4O2S. The van der Waals surface area contributed by atoms with Crippen molar-refractivity contribution in [1.82, 2.24) is 14.8 Å². The first-order valence-electron chi connectivity index (χ1n) is 10.6. The summed E-state index contributed by atoms with van der Waals surface area (Å²) in [5.74, 6) is 1.63. The van der Waals surface area contributed by atoms with Gasteiger partial charge >= 0.3 is 0 Å². The Kier molecular flexibility index (Phi) is 7.60. The number of ether oxygens (including phenoxy) is 1. The lowest BCUT2D eigenvalue weighted by Crippen LogP contribution is -2.15. The Morgan fingerprint density at radius 2 is 1.91 bits per heavy atom. The van der Waals surface area contributed by atoms with Crippen LogP contribution >= 0.6 is 35.0 Å². The third-order valence-electron chi connectivity index (χ3n) is 5.29. The molecule has 32 heavy (non-hydrogen) atoms. The Bertz CT molecular complexity index is 1080. The zero-order chi connectivity index (χ0) is 22.5. The number of hydrogen-bond acceptors (Lipinski definition) is 5. The first-order valence-corrected chi connectivity index (χ1v) is 12.4. The van der Waals surface area contributed by atoms with E-state index in [1.807, 2.05) is 35.8 Å². The van der Waals surface area contributed by atoms with Crippen molar-refractivity contribution in [2.45, 2.75) is 50.4 Å². The van der Waals surface area contributed by atoms with E-state index in [-0.39, 0.29) is 11.7 Å². The number of rotatable bonds is 8. The Hall–Kier alpha value is -2.22. The summed E-state index contributed by atoms with van der Waals surface area (Å²) < 4.78 is 8.05. The summed E-state index contributed by atoms with van der Waals surface area (Å²) in [5, 5.41) is 13.1. The molecule has 0 unspecified atom stereocenters. The number of aromatic nitrogens is 3. The van der Waals surface area contributed by atoms with Gasteiger partial charge in [-0.1, -0.05) is 35.0 Å². The van der Waals surface area contributed by atoms with Crippen molar-refractivity contribution in [2.24, 2.45) is 0 Å². The van der Waals surface area contributed by atoms with Crippen molar-refractivity contribution in [3.63, 3.8) is 0 Å². The maximum atomic E-state index is 12.4. The molecule has 9 heteroatoms. The third-order valence-corrected chi connectivity index (χ3v) is 6.82. The highest BCUT2D eigenvalue weighted by Crippen LogP contribution is 2.29. The zero-order valence-corrected chi connectivity index (χ0v) is 20.0.